The number of hydrogen-bond donors (Lipinski definition) is 2. The monoisotopic (exact) mass is 375 g/mol. The molecule has 0 radical (unpaired) electrons. The van der Waals surface area contributed by atoms with E-state index in [4.69, 9.17) is 0 Å². The van der Waals surface area contributed by atoms with Gasteiger partial charge in [-0.25, -0.2) is 4.79 Å². The van der Waals surface area contributed by atoms with Crippen LogP contribution >= 0.6 is 0 Å². The van der Waals surface area contributed by atoms with Gasteiger partial charge in [0.25, 0.3) is 5.91 Å². The highest BCUT2D eigenvalue weighted by Gasteiger charge is 2.52. The molecular weight excluding hydrogens is 346 g/mol. The third-order valence-electron chi connectivity index (χ3n) is 5.86. The molecule has 4 amide bonds. The normalized spacial score (nSPS) is 19.6. The number of nitrogens with one attached hydrogen (secondary N) is 2. The zero-order valence-electron chi connectivity index (χ0n) is 16.6. The van der Waals surface area contributed by atoms with Gasteiger partial charge in [0, 0.05) is 31.3 Å². The van der Waals surface area contributed by atoms with Gasteiger partial charge in [0.05, 0.1) is 11.7 Å². The number of hydrogen-bond acceptors (Lipinski definition) is 4. The Labute approximate surface area is 159 Å². The highest BCUT2D eigenvalue weighted by Crippen LogP contribution is 2.35. The summed E-state index contributed by atoms with van der Waals surface area (Å²) in [4.78, 5) is 38.3. The predicted molar refractivity (Wildman–Crippen MR) is 99.9 cm³/mol. The number of carbonyl (C=O) groups excluding carboxylic acids is 3. The molecule has 1 saturated carbocycles. The van der Waals surface area contributed by atoms with Gasteiger partial charge >= 0.3 is 6.03 Å². The molecule has 27 heavy (non-hydrogen) atoms. The van der Waals surface area contributed by atoms with E-state index in [1.54, 1.807) is 0 Å². The van der Waals surface area contributed by atoms with E-state index in [0.717, 1.165) is 42.6 Å². The molecule has 1 aliphatic heterocycles. The Balaban J connectivity index is 1.50. The predicted octanol–water partition coefficient (Wildman–Crippen LogP) is 1.86. The molecule has 1 aromatic heterocycles. The maximum absolute atomic E-state index is 12.6. The second-order valence-corrected chi connectivity index (χ2v) is 7.78. The van der Waals surface area contributed by atoms with Crippen LogP contribution in [0.2, 0.25) is 0 Å². The van der Waals surface area contributed by atoms with Crippen molar-refractivity contribution >= 4 is 17.8 Å². The molecule has 1 aromatic rings. The first-order valence-electron chi connectivity index (χ1n) is 9.69. The third-order valence-corrected chi connectivity index (χ3v) is 5.86. The minimum absolute atomic E-state index is 0.0900. The number of amides is 4. The van der Waals surface area contributed by atoms with Crippen LogP contribution in [0.1, 0.15) is 68.4 Å². The van der Waals surface area contributed by atoms with E-state index >= 15 is 0 Å². The standard InChI is InChI=1S/C19H29N5O3/c1-12(16-13(2)22-23(4)14(16)3)20-15(25)8-7-11-24-17(26)19(21-18(24)27)9-5-6-10-19/h12H,5-11H2,1-4H3,(H,20,25)(H,21,27). The summed E-state index contributed by atoms with van der Waals surface area (Å²) < 4.78 is 1.81. The number of urea groups is 1. The zero-order chi connectivity index (χ0) is 19.8. The van der Waals surface area contributed by atoms with Crippen molar-refractivity contribution < 1.29 is 14.4 Å². The molecule has 2 fully saturated rings. The molecule has 1 spiro atoms. The van der Waals surface area contributed by atoms with Gasteiger partial charge in [-0.3, -0.25) is 19.2 Å². The molecular formula is C19H29N5O3. The van der Waals surface area contributed by atoms with E-state index in [0.29, 0.717) is 6.42 Å². The van der Waals surface area contributed by atoms with E-state index in [9.17, 15) is 14.4 Å². The van der Waals surface area contributed by atoms with Crippen molar-refractivity contribution in [2.45, 2.75) is 70.9 Å². The molecule has 148 valence electrons. The van der Waals surface area contributed by atoms with Gasteiger partial charge in [0.2, 0.25) is 5.91 Å². The summed E-state index contributed by atoms with van der Waals surface area (Å²) in [5.41, 5.74) is 2.29. The highest BCUT2D eigenvalue weighted by atomic mass is 16.2. The van der Waals surface area contributed by atoms with E-state index in [2.05, 4.69) is 15.7 Å². The van der Waals surface area contributed by atoms with Crippen LogP contribution in [0, 0.1) is 13.8 Å². The summed E-state index contributed by atoms with van der Waals surface area (Å²) in [5.74, 6) is -0.215. The van der Waals surface area contributed by atoms with Crippen molar-refractivity contribution in [3.63, 3.8) is 0 Å². The lowest BCUT2D eigenvalue weighted by atomic mass is 9.98. The van der Waals surface area contributed by atoms with E-state index in [-0.39, 0.29) is 36.9 Å². The lowest BCUT2D eigenvalue weighted by Crippen LogP contribution is -2.44. The van der Waals surface area contributed by atoms with Gasteiger partial charge in [-0.15, -0.1) is 0 Å². The number of rotatable bonds is 6. The highest BCUT2D eigenvalue weighted by molar-refractivity contribution is 6.07. The van der Waals surface area contributed by atoms with Crippen LogP contribution < -0.4 is 10.6 Å². The maximum Gasteiger partial charge on any atom is 0.325 e. The molecule has 2 heterocycles. The van der Waals surface area contributed by atoms with Gasteiger partial charge in [0.15, 0.2) is 0 Å². The van der Waals surface area contributed by atoms with E-state index in [1.807, 2.05) is 32.5 Å². The molecule has 2 aliphatic rings. The Bertz CT molecular complexity index is 764. The lowest BCUT2D eigenvalue weighted by Gasteiger charge is -2.20. The number of carbonyl (C=O) groups is 3. The second-order valence-electron chi connectivity index (χ2n) is 7.78. The minimum atomic E-state index is -0.677. The van der Waals surface area contributed by atoms with Crippen LogP contribution in [0.5, 0.6) is 0 Å². The summed E-state index contributed by atoms with van der Waals surface area (Å²) in [7, 11) is 1.88. The van der Waals surface area contributed by atoms with Crippen molar-refractivity contribution in [3.8, 4) is 0 Å². The maximum atomic E-state index is 12.6. The van der Waals surface area contributed by atoms with Crippen molar-refractivity contribution in [1.29, 1.82) is 0 Å². The number of nitrogens with zero attached hydrogens (tertiary/aromatic N) is 3. The second kappa shape index (κ2) is 7.32. The van der Waals surface area contributed by atoms with Crippen LogP contribution in [0.25, 0.3) is 0 Å². The fourth-order valence-corrected chi connectivity index (χ4v) is 4.40. The molecule has 8 heteroatoms. The topological polar surface area (TPSA) is 96.3 Å². The zero-order valence-corrected chi connectivity index (χ0v) is 16.6. The average molecular weight is 375 g/mol. The summed E-state index contributed by atoms with van der Waals surface area (Å²) in [6.07, 6.45) is 4.10. The first-order chi connectivity index (χ1) is 12.7. The minimum Gasteiger partial charge on any atom is -0.349 e. The van der Waals surface area contributed by atoms with Crippen molar-refractivity contribution in [3.05, 3.63) is 17.0 Å². The van der Waals surface area contributed by atoms with Gasteiger partial charge < -0.3 is 10.6 Å². The van der Waals surface area contributed by atoms with Crippen molar-refractivity contribution in [1.82, 2.24) is 25.3 Å². The summed E-state index contributed by atoms with van der Waals surface area (Å²) in [6.45, 7) is 6.13. The van der Waals surface area contributed by atoms with Gasteiger partial charge in [-0.1, -0.05) is 12.8 Å². The van der Waals surface area contributed by atoms with Gasteiger partial charge in [-0.05, 0) is 40.0 Å². The molecule has 0 aromatic carbocycles. The molecule has 8 nitrogen and oxygen atoms in total. The summed E-state index contributed by atoms with van der Waals surface area (Å²) in [5, 5.41) is 10.2. The largest absolute Gasteiger partial charge is 0.349 e. The summed E-state index contributed by atoms with van der Waals surface area (Å²) in [6, 6.07) is -0.457. The number of aromatic nitrogens is 2. The SMILES string of the molecule is Cc1nn(C)c(C)c1C(C)NC(=O)CCCN1C(=O)NC2(CCCC2)C1=O. The first-order valence-corrected chi connectivity index (χ1v) is 9.69. The van der Waals surface area contributed by atoms with Gasteiger partial charge in [-0.2, -0.15) is 5.10 Å². The molecule has 1 aliphatic carbocycles. The van der Waals surface area contributed by atoms with Crippen LogP contribution in [-0.2, 0) is 16.6 Å². The Morgan fingerprint density at radius 1 is 1.30 bits per heavy atom. The third kappa shape index (κ3) is 3.57. The Kier molecular flexibility index (Phi) is 5.26. The van der Waals surface area contributed by atoms with E-state index < -0.39 is 5.54 Å². The Morgan fingerprint density at radius 3 is 2.56 bits per heavy atom. The smallest absolute Gasteiger partial charge is 0.325 e. The van der Waals surface area contributed by atoms with E-state index in [1.165, 1.54) is 4.90 Å². The van der Waals surface area contributed by atoms with Crippen LogP contribution in [0.3, 0.4) is 0 Å². The fraction of sp³-hybridized carbons (Fsp3) is 0.684. The molecule has 0 bridgehead atoms. The fourth-order valence-electron chi connectivity index (χ4n) is 4.40. The van der Waals surface area contributed by atoms with Crippen LogP contribution in [0.4, 0.5) is 4.79 Å². The Morgan fingerprint density at radius 2 is 1.96 bits per heavy atom. The number of aryl methyl sites for hydroxylation is 2. The molecule has 1 saturated heterocycles. The first kappa shape index (κ1) is 19.4. The van der Waals surface area contributed by atoms with Gasteiger partial charge in [0.1, 0.15) is 5.54 Å². The quantitative estimate of drug-likeness (QED) is 0.742. The molecule has 2 N–H and O–H groups in total. The lowest BCUT2D eigenvalue weighted by molar-refractivity contribution is -0.131. The van der Waals surface area contributed by atoms with Crippen LogP contribution in [-0.4, -0.2) is 44.6 Å². The summed E-state index contributed by atoms with van der Waals surface area (Å²) >= 11 is 0. The Hall–Kier alpha value is -2.38. The number of imide groups is 1. The molecule has 3 rings (SSSR count). The van der Waals surface area contributed by atoms with Crippen LogP contribution in [0.15, 0.2) is 0 Å². The van der Waals surface area contributed by atoms with Crippen molar-refractivity contribution in [2.75, 3.05) is 6.54 Å². The average Bonchev–Trinajstić information content (AvgIpc) is 3.22. The molecule has 1 unspecified atom stereocenters. The van der Waals surface area contributed by atoms with Crippen molar-refractivity contribution in [2.24, 2.45) is 7.05 Å². The molecule has 1 atom stereocenters.